The number of nitrogens with one attached hydrogen (secondary N) is 1. The summed E-state index contributed by atoms with van der Waals surface area (Å²) < 4.78 is 30.9. The molecule has 2 rings (SSSR count). The molecule has 0 aliphatic carbocycles. The first-order valence-corrected chi connectivity index (χ1v) is 5.22. The van der Waals surface area contributed by atoms with Gasteiger partial charge in [-0.25, -0.2) is 18.6 Å². The standard InChI is InChI=1S/C12H9F2N3O2/c1-19-12(18)10-5-15-6-11(17-10)16-9-4-7(13)2-3-8(9)14/h2-6H,1H3,(H,16,17). The van der Waals surface area contributed by atoms with Crippen molar-refractivity contribution in [2.45, 2.75) is 0 Å². The molecule has 0 bridgehead atoms. The quantitative estimate of drug-likeness (QED) is 0.862. The number of halogens is 2. The zero-order valence-corrected chi connectivity index (χ0v) is 9.85. The molecule has 0 unspecified atom stereocenters. The van der Waals surface area contributed by atoms with Crippen molar-refractivity contribution in [2.24, 2.45) is 0 Å². The number of carbonyl (C=O) groups excluding carboxylic acids is 1. The van der Waals surface area contributed by atoms with E-state index in [0.29, 0.717) is 0 Å². The highest BCUT2D eigenvalue weighted by atomic mass is 19.1. The van der Waals surface area contributed by atoms with Crippen LogP contribution in [0.15, 0.2) is 30.6 Å². The van der Waals surface area contributed by atoms with Gasteiger partial charge in [0.05, 0.1) is 25.2 Å². The van der Waals surface area contributed by atoms with Crippen LogP contribution in [0.4, 0.5) is 20.3 Å². The van der Waals surface area contributed by atoms with Crippen LogP contribution < -0.4 is 5.32 Å². The van der Waals surface area contributed by atoms with Crippen LogP contribution in [-0.4, -0.2) is 23.0 Å². The van der Waals surface area contributed by atoms with Gasteiger partial charge in [0.1, 0.15) is 17.5 Å². The SMILES string of the molecule is COC(=O)c1cncc(Nc2cc(F)ccc2F)n1. The molecule has 19 heavy (non-hydrogen) atoms. The highest BCUT2D eigenvalue weighted by Gasteiger charge is 2.10. The molecule has 0 aliphatic rings. The van der Waals surface area contributed by atoms with Crippen molar-refractivity contribution in [2.75, 3.05) is 12.4 Å². The largest absolute Gasteiger partial charge is 0.464 e. The molecule has 0 amide bonds. The smallest absolute Gasteiger partial charge is 0.358 e. The molecule has 0 radical (unpaired) electrons. The Hall–Kier alpha value is -2.57. The van der Waals surface area contributed by atoms with Crippen molar-refractivity contribution in [1.29, 1.82) is 0 Å². The number of ether oxygens (including phenoxy) is 1. The third-order valence-electron chi connectivity index (χ3n) is 2.22. The molecule has 1 aromatic carbocycles. The van der Waals surface area contributed by atoms with Crippen LogP contribution in [0.5, 0.6) is 0 Å². The van der Waals surface area contributed by atoms with E-state index < -0.39 is 17.6 Å². The van der Waals surface area contributed by atoms with Crippen LogP contribution in [0.1, 0.15) is 10.5 Å². The second-order valence-electron chi connectivity index (χ2n) is 3.53. The van der Waals surface area contributed by atoms with Crippen LogP contribution in [0.2, 0.25) is 0 Å². The molecule has 1 aromatic heterocycles. The number of hydrogen-bond acceptors (Lipinski definition) is 5. The lowest BCUT2D eigenvalue weighted by atomic mass is 10.3. The molecule has 0 spiro atoms. The number of anilines is 2. The van der Waals surface area contributed by atoms with Gasteiger partial charge in [0.2, 0.25) is 0 Å². The normalized spacial score (nSPS) is 10.1. The number of methoxy groups -OCH3 is 1. The summed E-state index contributed by atoms with van der Waals surface area (Å²) in [5.41, 5.74) is -0.138. The Balaban J connectivity index is 2.28. The highest BCUT2D eigenvalue weighted by molar-refractivity contribution is 5.87. The maximum Gasteiger partial charge on any atom is 0.358 e. The van der Waals surface area contributed by atoms with Crippen molar-refractivity contribution < 1.29 is 18.3 Å². The molecular weight excluding hydrogens is 256 g/mol. The summed E-state index contributed by atoms with van der Waals surface area (Å²) in [6.07, 6.45) is 2.48. The Morgan fingerprint density at radius 3 is 2.84 bits per heavy atom. The fraction of sp³-hybridized carbons (Fsp3) is 0.0833. The lowest BCUT2D eigenvalue weighted by Gasteiger charge is -2.07. The van der Waals surface area contributed by atoms with Gasteiger partial charge < -0.3 is 10.1 Å². The molecular formula is C12H9F2N3O2. The van der Waals surface area contributed by atoms with Gasteiger partial charge in [0, 0.05) is 6.07 Å². The number of carbonyl (C=O) groups is 1. The van der Waals surface area contributed by atoms with Crippen molar-refractivity contribution in [3.05, 3.63) is 47.9 Å². The van der Waals surface area contributed by atoms with Gasteiger partial charge in [-0.1, -0.05) is 0 Å². The van der Waals surface area contributed by atoms with Crippen molar-refractivity contribution in [1.82, 2.24) is 9.97 Å². The first-order chi connectivity index (χ1) is 9.10. The van der Waals surface area contributed by atoms with Crippen LogP contribution in [-0.2, 0) is 4.74 Å². The van der Waals surface area contributed by atoms with Gasteiger partial charge in [-0.05, 0) is 12.1 Å². The van der Waals surface area contributed by atoms with Gasteiger partial charge in [0.25, 0.3) is 0 Å². The van der Waals surface area contributed by atoms with Gasteiger partial charge in [-0.3, -0.25) is 4.98 Å². The number of rotatable bonds is 3. The van der Waals surface area contributed by atoms with E-state index in [2.05, 4.69) is 20.0 Å². The molecule has 0 saturated heterocycles. The predicted octanol–water partition coefficient (Wildman–Crippen LogP) is 2.29. The molecule has 0 fully saturated rings. The molecule has 0 saturated carbocycles. The number of esters is 1. The number of nitrogens with zero attached hydrogens (tertiary/aromatic N) is 2. The molecule has 0 aliphatic heterocycles. The third kappa shape index (κ3) is 3.01. The summed E-state index contributed by atoms with van der Waals surface area (Å²) in [5.74, 6) is -1.81. The fourth-order valence-electron chi connectivity index (χ4n) is 1.36. The van der Waals surface area contributed by atoms with Gasteiger partial charge in [-0.15, -0.1) is 0 Å². The maximum absolute atomic E-state index is 13.4. The van der Waals surface area contributed by atoms with Crippen LogP contribution in [0, 0.1) is 11.6 Å². The Morgan fingerprint density at radius 2 is 2.11 bits per heavy atom. The topological polar surface area (TPSA) is 64.1 Å². The van der Waals surface area contributed by atoms with Crippen molar-refractivity contribution in [3.8, 4) is 0 Å². The fourth-order valence-corrected chi connectivity index (χ4v) is 1.36. The molecule has 0 atom stereocenters. The minimum atomic E-state index is -0.670. The zero-order valence-electron chi connectivity index (χ0n) is 9.85. The minimum absolute atomic E-state index is 0.0377. The summed E-state index contributed by atoms with van der Waals surface area (Å²) in [7, 11) is 1.20. The maximum atomic E-state index is 13.4. The first kappa shape index (κ1) is 12.9. The summed E-state index contributed by atoms with van der Waals surface area (Å²) in [4.78, 5) is 18.9. The first-order valence-electron chi connectivity index (χ1n) is 5.22. The van der Waals surface area contributed by atoms with Crippen molar-refractivity contribution in [3.63, 3.8) is 0 Å². The Bertz CT molecular complexity index is 620. The van der Waals surface area contributed by atoms with Gasteiger partial charge in [0.15, 0.2) is 5.69 Å². The number of aromatic nitrogens is 2. The molecule has 7 heteroatoms. The van der Waals surface area contributed by atoms with Gasteiger partial charge >= 0.3 is 5.97 Å². The molecule has 98 valence electrons. The Morgan fingerprint density at radius 1 is 1.32 bits per heavy atom. The average molecular weight is 265 g/mol. The predicted molar refractivity (Wildman–Crippen MR) is 63.0 cm³/mol. The van der Waals surface area contributed by atoms with Crippen LogP contribution in [0.3, 0.4) is 0 Å². The van der Waals surface area contributed by atoms with E-state index in [0.717, 1.165) is 18.2 Å². The van der Waals surface area contributed by atoms with E-state index in [1.165, 1.54) is 19.5 Å². The molecule has 5 nitrogen and oxygen atoms in total. The van der Waals surface area contributed by atoms with Crippen LogP contribution in [0.25, 0.3) is 0 Å². The van der Waals surface area contributed by atoms with E-state index in [4.69, 9.17) is 0 Å². The van der Waals surface area contributed by atoms with Crippen LogP contribution >= 0.6 is 0 Å². The Labute approximate surface area is 107 Å². The summed E-state index contributed by atoms with van der Waals surface area (Å²) in [6.45, 7) is 0. The summed E-state index contributed by atoms with van der Waals surface area (Å²) in [5, 5.41) is 2.54. The number of hydrogen-bond donors (Lipinski definition) is 1. The van der Waals surface area contributed by atoms with Gasteiger partial charge in [-0.2, -0.15) is 0 Å². The third-order valence-corrected chi connectivity index (χ3v) is 2.22. The number of benzene rings is 1. The average Bonchev–Trinajstić information content (AvgIpc) is 2.42. The monoisotopic (exact) mass is 265 g/mol. The zero-order chi connectivity index (χ0) is 13.8. The van der Waals surface area contributed by atoms with E-state index >= 15 is 0 Å². The lowest BCUT2D eigenvalue weighted by molar-refractivity contribution is 0.0593. The van der Waals surface area contributed by atoms with E-state index in [1.54, 1.807) is 0 Å². The molecule has 2 aromatic rings. The molecule has 1 heterocycles. The second-order valence-corrected chi connectivity index (χ2v) is 3.53. The highest BCUT2D eigenvalue weighted by Crippen LogP contribution is 2.19. The molecule has 1 N–H and O–H groups in total. The minimum Gasteiger partial charge on any atom is -0.464 e. The van der Waals surface area contributed by atoms with E-state index in [1.807, 2.05) is 0 Å². The van der Waals surface area contributed by atoms with Crippen molar-refractivity contribution >= 4 is 17.5 Å². The summed E-state index contributed by atoms with van der Waals surface area (Å²) in [6, 6.07) is 2.95. The Kier molecular flexibility index (Phi) is 3.65. The van der Waals surface area contributed by atoms with E-state index in [-0.39, 0.29) is 17.2 Å². The lowest BCUT2D eigenvalue weighted by Crippen LogP contribution is -2.07. The second kappa shape index (κ2) is 5.38. The summed E-state index contributed by atoms with van der Waals surface area (Å²) >= 11 is 0. The van der Waals surface area contributed by atoms with E-state index in [9.17, 15) is 13.6 Å².